The first kappa shape index (κ1) is 39.0. The molecule has 11 heteroatoms. The zero-order chi connectivity index (χ0) is 38.9. The molecular weight excluding hydrogens is 691 g/mol. The molecule has 55 heavy (non-hydrogen) atoms. The largest absolute Gasteiger partial charge is 0.453 e. The lowest BCUT2D eigenvalue weighted by atomic mass is 9.78. The van der Waals surface area contributed by atoms with Crippen LogP contribution in [-0.2, 0) is 20.9 Å². The number of pyridine rings is 1. The van der Waals surface area contributed by atoms with Gasteiger partial charge in [-0.3, -0.25) is 14.6 Å². The van der Waals surface area contributed by atoms with Gasteiger partial charge in [0.2, 0.25) is 11.8 Å². The number of benzene rings is 2. The van der Waals surface area contributed by atoms with E-state index in [2.05, 4.69) is 81.0 Å². The minimum atomic E-state index is -0.682. The van der Waals surface area contributed by atoms with Crippen LogP contribution in [0.2, 0.25) is 0 Å². The Morgan fingerprint density at radius 2 is 1.67 bits per heavy atom. The van der Waals surface area contributed by atoms with Crippen molar-refractivity contribution in [2.45, 2.75) is 83.8 Å². The van der Waals surface area contributed by atoms with Crippen LogP contribution in [0.1, 0.15) is 82.2 Å². The van der Waals surface area contributed by atoms with Crippen molar-refractivity contribution >= 4 is 23.6 Å². The van der Waals surface area contributed by atoms with Crippen molar-refractivity contribution in [2.24, 2.45) is 11.8 Å². The van der Waals surface area contributed by atoms with Crippen LogP contribution in [0.15, 0.2) is 97.6 Å². The van der Waals surface area contributed by atoms with Gasteiger partial charge < -0.3 is 30.6 Å². The van der Waals surface area contributed by atoms with Gasteiger partial charge in [-0.2, -0.15) is 0 Å². The van der Waals surface area contributed by atoms with Crippen molar-refractivity contribution < 1.29 is 19.1 Å². The summed E-state index contributed by atoms with van der Waals surface area (Å²) in [6.45, 7) is 11.2. The first-order chi connectivity index (χ1) is 26.7. The molecule has 6 rings (SSSR count). The first-order valence-corrected chi connectivity index (χ1v) is 19.4. The Labute approximate surface area is 324 Å². The predicted molar refractivity (Wildman–Crippen MR) is 215 cm³/mol. The van der Waals surface area contributed by atoms with Gasteiger partial charge in [0, 0.05) is 48.7 Å². The van der Waals surface area contributed by atoms with E-state index in [0.29, 0.717) is 13.1 Å². The molecule has 2 fully saturated rings. The summed E-state index contributed by atoms with van der Waals surface area (Å²) in [6, 6.07) is 19.8. The molecule has 0 radical (unpaired) electrons. The quantitative estimate of drug-likeness (QED) is 0.111. The number of carbonyl (C=O) groups is 3. The van der Waals surface area contributed by atoms with Gasteiger partial charge in [0.25, 0.3) is 0 Å². The normalized spacial score (nSPS) is 19.1. The Morgan fingerprint density at radius 1 is 0.964 bits per heavy atom. The fourth-order valence-corrected chi connectivity index (χ4v) is 7.79. The highest BCUT2D eigenvalue weighted by Crippen LogP contribution is 2.38. The number of alkyl carbamates (subject to hydrolysis) is 1. The Balaban J connectivity index is 1.07. The highest BCUT2D eigenvalue weighted by Gasteiger charge is 2.37. The third-order valence-corrected chi connectivity index (χ3v) is 10.9. The molecule has 3 unspecified atom stereocenters. The standard InChI is InChI=1S/C44H53N7O4/c1-6-37(48-29(4)39-14-10-24-51(39)43(53)40(28(2)3)50-44(54)55-5)33-19-15-31(16-20-33)32-17-21-34(22-18-32)38-27-46-41(49-38)35-12-7-8-13-36(35)42(52)47-26-30-11-9-23-45-25-30/h6,9,11,15-23,25,27-28,35-36,39-40,48H,4,7-8,10,12-14,24,26H2,1-3,5H3,(H,46,49)(H,47,52)(H,50,54)/b37-6-/t35-,36?,39?,40?/m1/s1. The Morgan fingerprint density at radius 3 is 2.35 bits per heavy atom. The number of aromatic nitrogens is 3. The Bertz CT molecular complexity index is 1970. The second-order valence-electron chi connectivity index (χ2n) is 14.8. The molecule has 2 aromatic heterocycles. The van der Waals surface area contributed by atoms with Gasteiger partial charge in [0.15, 0.2) is 0 Å². The third kappa shape index (κ3) is 9.33. The maximum atomic E-state index is 13.6. The lowest BCUT2D eigenvalue weighted by Gasteiger charge is -2.32. The zero-order valence-electron chi connectivity index (χ0n) is 32.3. The number of hydrogen-bond acceptors (Lipinski definition) is 7. The molecule has 288 valence electrons. The summed E-state index contributed by atoms with van der Waals surface area (Å²) < 4.78 is 4.77. The summed E-state index contributed by atoms with van der Waals surface area (Å²) in [5, 5.41) is 9.31. The van der Waals surface area contributed by atoms with Crippen molar-refractivity contribution in [1.29, 1.82) is 0 Å². The number of H-pyrrole nitrogens is 1. The molecular formula is C44H53N7O4. The van der Waals surface area contributed by atoms with Gasteiger partial charge in [-0.05, 0) is 72.4 Å². The van der Waals surface area contributed by atoms with Crippen LogP contribution in [0.25, 0.3) is 28.1 Å². The molecule has 4 N–H and O–H groups in total. The van der Waals surface area contributed by atoms with Crippen LogP contribution in [0, 0.1) is 11.8 Å². The number of amides is 3. The van der Waals surface area contributed by atoms with Crippen LogP contribution >= 0.6 is 0 Å². The number of nitrogens with one attached hydrogen (secondary N) is 4. The van der Waals surface area contributed by atoms with Gasteiger partial charge >= 0.3 is 6.09 Å². The number of rotatable bonds is 13. The Kier molecular flexibility index (Phi) is 12.8. The summed E-state index contributed by atoms with van der Waals surface area (Å²) in [6.07, 6.45) is 12.3. The number of carbonyl (C=O) groups excluding carboxylic acids is 3. The van der Waals surface area contributed by atoms with Crippen molar-refractivity contribution in [1.82, 2.24) is 35.8 Å². The van der Waals surface area contributed by atoms with Gasteiger partial charge in [-0.15, -0.1) is 0 Å². The van der Waals surface area contributed by atoms with E-state index in [9.17, 15) is 14.4 Å². The zero-order valence-corrected chi connectivity index (χ0v) is 32.3. The second kappa shape index (κ2) is 18.1. The van der Waals surface area contributed by atoms with Crippen molar-refractivity contribution in [2.75, 3.05) is 13.7 Å². The predicted octanol–water partition coefficient (Wildman–Crippen LogP) is 7.56. The van der Waals surface area contributed by atoms with E-state index >= 15 is 0 Å². The smallest absolute Gasteiger partial charge is 0.407 e. The summed E-state index contributed by atoms with van der Waals surface area (Å²) in [7, 11) is 1.30. The molecule has 2 aromatic carbocycles. The molecule has 1 aliphatic heterocycles. The van der Waals surface area contributed by atoms with E-state index < -0.39 is 12.1 Å². The molecule has 4 aromatic rings. The maximum absolute atomic E-state index is 13.6. The van der Waals surface area contributed by atoms with Gasteiger partial charge in [0.1, 0.15) is 11.9 Å². The molecule has 1 saturated carbocycles. The minimum absolute atomic E-state index is 0.0510. The van der Waals surface area contributed by atoms with E-state index in [1.165, 1.54) is 7.11 Å². The molecule has 2 aliphatic rings. The molecule has 1 aliphatic carbocycles. The van der Waals surface area contributed by atoms with Crippen molar-refractivity contribution in [3.63, 3.8) is 0 Å². The Hall–Kier alpha value is -5.71. The van der Waals surface area contributed by atoms with Crippen LogP contribution in [0.3, 0.4) is 0 Å². The number of ether oxygens (including phenoxy) is 1. The van der Waals surface area contributed by atoms with Crippen molar-refractivity contribution in [3.8, 4) is 22.4 Å². The average molecular weight is 744 g/mol. The number of hydrogen-bond donors (Lipinski definition) is 4. The van der Waals surface area contributed by atoms with Gasteiger partial charge in [-0.25, -0.2) is 9.78 Å². The summed E-state index contributed by atoms with van der Waals surface area (Å²) >= 11 is 0. The lowest BCUT2D eigenvalue weighted by molar-refractivity contribution is -0.134. The number of nitrogens with zero attached hydrogens (tertiary/aromatic N) is 3. The van der Waals surface area contributed by atoms with Crippen LogP contribution < -0.4 is 16.0 Å². The maximum Gasteiger partial charge on any atom is 0.407 e. The van der Waals surface area contributed by atoms with Crippen LogP contribution in [0.4, 0.5) is 4.79 Å². The highest BCUT2D eigenvalue weighted by atomic mass is 16.5. The average Bonchev–Trinajstić information content (AvgIpc) is 3.93. The van der Waals surface area contributed by atoms with E-state index in [4.69, 9.17) is 9.72 Å². The van der Waals surface area contributed by atoms with Gasteiger partial charge in [-0.1, -0.05) is 93.9 Å². The topological polar surface area (TPSA) is 141 Å². The number of allylic oxidation sites excluding steroid dienone is 1. The number of likely N-dealkylation sites (tertiary alicyclic amines) is 1. The molecule has 0 bridgehead atoms. The molecule has 4 atom stereocenters. The first-order valence-electron chi connectivity index (χ1n) is 19.4. The fourth-order valence-electron chi connectivity index (χ4n) is 7.79. The van der Waals surface area contributed by atoms with E-state index in [1.54, 1.807) is 12.4 Å². The molecule has 3 amide bonds. The van der Waals surface area contributed by atoms with Crippen molar-refractivity contribution in [3.05, 3.63) is 115 Å². The van der Waals surface area contributed by atoms with Gasteiger partial charge in [0.05, 0.1) is 25.0 Å². The number of methoxy groups -OCH3 is 1. The van der Waals surface area contributed by atoms with E-state index in [-0.39, 0.29) is 35.6 Å². The molecule has 11 nitrogen and oxygen atoms in total. The summed E-state index contributed by atoms with van der Waals surface area (Å²) in [5.41, 5.74) is 7.78. The number of aromatic amines is 1. The lowest BCUT2D eigenvalue weighted by Crippen LogP contribution is -2.53. The SMILES string of the molecule is C=C(N/C(=C\C)c1ccc(-c2ccc(-c3cnc([C@@H]4CCCCC4C(=O)NCc4cccnc4)[nH]3)cc2)cc1)C1CCCN1C(=O)C(NC(=O)OC)C(C)C. The summed E-state index contributed by atoms with van der Waals surface area (Å²) in [5.74, 6) is 0.642. The van der Waals surface area contributed by atoms with E-state index in [1.807, 2.05) is 50.1 Å². The van der Waals surface area contributed by atoms with Crippen LogP contribution in [-0.4, -0.2) is 63.5 Å². The fraction of sp³-hybridized carbons (Fsp3) is 0.386. The third-order valence-electron chi connectivity index (χ3n) is 10.9. The van der Waals surface area contributed by atoms with E-state index in [0.717, 1.165) is 89.3 Å². The number of imidazole rings is 1. The second-order valence-corrected chi connectivity index (χ2v) is 14.8. The monoisotopic (exact) mass is 743 g/mol. The summed E-state index contributed by atoms with van der Waals surface area (Å²) in [4.78, 5) is 53.1. The van der Waals surface area contributed by atoms with Crippen LogP contribution in [0.5, 0.6) is 0 Å². The molecule has 0 spiro atoms. The highest BCUT2D eigenvalue weighted by molar-refractivity contribution is 5.87. The molecule has 3 heterocycles. The molecule has 1 saturated heterocycles. The minimum Gasteiger partial charge on any atom is -0.453 e.